The number of ether oxygens (including phenoxy) is 4. The Morgan fingerprint density at radius 2 is 1.71 bits per heavy atom. The van der Waals surface area contributed by atoms with Crippen molar-refractivity contribution in [3.8, 4) is 5.75 Å². The first-order valence-electron chi connectivity index (χ1n) is 12.3. The third kappa shape index (κ3) is 8.00. The summed E-state index contributed by atoms with van der Waals surface area (Å²) >= 11 is 0. The summed E-state index contributed by atoms with van der Waals surface area (Å²) in [6.45, 7) is -0.605. The van der Waals surface area contributed by atoms with E-state index in [-0.39, 0.29) is 23.6 Å². The molecule has 15 heteroatoms. The number of aliphatic hydroxyl groups excluding tert-OH is 2. The molecular formula is C26H29N2O12P. The van der Waals surface area contributed by atoms with Crippen LogP contribution in [0.1, 0.15) is 32.5 Å². The molecule has 1 saturated heterocycles. The maximum atomic E-state index is 12.9. The Labute approximate surface area is 233 Å². The van der Waals surface area contributed by atoms with E-state index in [9.17, 15) is 34.2 Å². The highest BCUT2D eigenvalue weighted by Crippen LogP contribution is 2.42. The van der Waals surface area contributed by atoms with Crippen LogP contribution in [-0.2, 0) is 23.3 Å². The molecule has 220 valence electrons. The minimum Gasteiger partial charge on any atom is -0.461 e. The van der Waals surface area contributed by atoms with Gasteiger partial charge in [-0.1, -0.05) is 30.3 Å². The van der Waals surface area contributed by atoms with Gasteiger partial charge in [0.1, 0.15) is 36.4 Å². The smallest absolute Gasteiger partial charge is 0.461 e. The maximum absolute atomic E-state index is 12.9. The number of nitrogens with two attached hydrogens (primary N) is 1. The maximum Gasteiger partial charge on any atom is 0.470 e. The van der Waals surface area contributed by atoms with Crippen molar-refractivity contribution in [3.05, 3.63) is 89.7 Å². The number of esters is 2. The average molecular weight is 592 g/mol. The number of nitrogens with one attached hydrogen (secondary N) is 1. The normalized spacial score (nSPS) is 23.4. The molecule has 3 aromatic rings. The van der Waals surface area contributed by atoms with Crippen LogP contribution in [-0.4, -0.2) is 80.8 Å². The van der Waals surface area contributed by atoms with Crippen molar-refractivity contribution in [1.82, 2.24) is 4.98 Å². The second-order valence-corrected chi connectivity index (χ2v) is 10.1. The lowest BCUT2D eigenvalue weighted by atomic mass is 9.99. The predicted octanol–water partition coefficient (Wildman–Crippen LogP) is 1.03. The van der Waals surface area contributed by atoms with Crippen molar-refractivity contribution in [2.75, 3.05) is 13.2 Å². The van der Waals surface area contributed by atoms with Crippen LogP contribution in [0.2, 0.25) is 0 Å². The topological polar surface area (TPSA) is 220 Å². The Hall–Kier alpha value is -3.59. The number of hydrogen-bond donors (Lipinski definition) is 6. The molecule has 0 radical (unpaired) electrons. The summed E-state index contributed by atoms with van der Waals surface area (Å²) in [5.74, 6) is -1.57. The second kappa shape index (κ2) is 13.4. The molecule has 1 unspecified atom stereocenters. The lowest BCUT2D eigenvalue weighted by molar-refractivity contribution is -0.273. The highest BCUT2D eigenvalue weighted by Gasteiger charge is 2.52. The van der Waals surface area contributed by atoms with Crippen LogP contribution in [0.5, 0.6) is 5.75 Å². The van der Waals surface area contributed by atoms with Crippen molar-refractivity contribution in [2.45, 2.75) is 36.8 Å². The van der Waals surface area contributed by atoms with Crippen molar-refractivity contribution in [2.24, 2.45) is 5.73 Å². The Morgan fingerprint density at radius 3 is 2.32 bits per heavy atom. The van der Waals surface area contributed by atoms with Gasteiger partial charge in [0.05, 0.1) is 11.7 Å². The van der Waals surface area contributed by atoms with Crippen LogP contribution < -0.4 is 10.5 Å². The molecule has 0 bridgehead atoms. The molecule has 1 aliphatic rings. The zero-order chi connectivity index (χ0) is 29.6. The number of benzene rings is 2. The number of carbonyl (C=O) groups is 2. The van der Waals surface area contributed by atoms with Gasteiger partial charge in [-0.3, -0.25) is 4.52 Å². The Kier molecular flexibility index (Phi) is 9.91. The molecule has 1 fully saturated rings. The number of hydrogen-bond acceptors (Lipinski definition) is 11. The van der Waals surface area contributed by atoms with Gasteiger partial charge in [0, 0.05) is 12.7 Å². The zero-order valence-electron chi connectivity index (χ0n) is 21.4. The standard InChI is InChI=1S/C26H29N2O12P/c27-13-19(29)15-8-10-17(11-9-15)37-26-23(39-24(31)16-5-2-1-3-6-16)22(40-41(33,34)35)21(30)20(38-26)14-36-25(32)18-7-4-12-28-18/h1-12,19-23,26,28-30H,13-14,27H2,(H2,33,34,35)/t19?,20-,21-,22+,23-,26-/m1/s1. The van der Waals surface area contributed by atoms with Gasteiger partial charge >= 0.3 is 19.8 Å². The fourth-order valence-electron chi connectivity index (χ4n) is 4.02. The number of phosphoric acid groups is 1. The molecule has 4 rings (SSSR count). The van der Waals surface area contributed by atoms with Gasteiger partial charge in [-0.2, -0.15) is 0 Å². The first kappa shape index (κ1) is 30.4. The number of rotatable bonds is 11. The molecule has 0 spiro atoms. The highest BCUT2D eigenvalue weighted by atomic mass is 31.2. The molecule has 6 atom stereocenters. The summed E-state index contributed by atoms with van der Waals surface area (Å²) < 4.78 is 39.2. The molecule has 0 amide bonds. The fourth-order valence-corrected chi connectivity index (χ4v) is 4.59. The molecular weight excluding hydrogens is 563 g/mol. The first-order chi connectivity index (χ1) is 19.6. The predicted molar refractivity (Wildman–Crippen MR) is 139 cm³/mol. The molecule has 14 nitrogen and oxygen atoms in total. The fraction of sp³-hybridized carbons (Fsp3) is 0.308. The average Bonchev–Trinajstić information content (AvgIpc) is 3.50. The summed E-state index contributed by atoms with van der Waals surface area (Å²) in [7, 11) is -5.27. The van der Waals surface area contributed by atoms with E-state index in [1.165, 1.54) is 48.7 Å². The minimum absolute atomic E-state index is 0.0222. The third-order valence-electron chi connectivity index (χ3n) is 6.07. The van der Waals surface area contributed by atoms with Gasteiger partial charge < -0.3 is 49.7 Å². The number of H-pyrrole nitrogens is 1. The molecule has 0 saturated carbocycles. The Bertz CT molecular complexity index is 1330. The second-order valence-electron chi connectivity index (χ2n) is 8.95. The Balaban J connectivity index is 1.63. The molecule has 2 aromatic carbocycles. The molecule has 7 N–H and O–H groups in total. The molecule has 0 aliphatic carbocycles. The van der Waals surface area contributed by atoms with E-state index >= 15 is 0 Å². The highest BCUT2D eigenvalue weighted by molar-refractivity contribution is 7.46. The molecule has 2 heterocycles. The van der Waals surface area contributed by atoms with E-state index in [1.54, 1.807) is 24.3 Å². The van der Waals surface area contributed by atoms with Crippen LogP contribution in [0, 0.1) is 0 Å². The molecule has 41 heavy (non-hydrogen) atoms. The number of phosphoric ester groups is 1. The van der Waals surface area contributed by atoms with E-state index in [1.807, 2.05) is 0 Å². The quantitative estimate of drug-likeness (QED) is 0.135. The number of carbonyl (C=O) groups excluding carboxylic acids is 2. The van der Waals surface area contributed by atoms with E-state index in [2.05, 4.69) is 4.98 Å². The number of aromatic nitrogens is 1. The van der Waals surface area contributed by atoms with E-state index in [4.69, 9.17) is 29.2 Å². The van der Waals surface area contributed by atoms with E-state index in [0.717, 1.165) is 0 Å². The van der Waals surface area contributed by atoms with Gasteiger partial charge in [0.2, 0.25) is 6.29 Å². The van der Waals surface area contributed by atoms with Crippen LogP contribution in [0.15, 0.2) is 72.9 Å². The van der Waals surface area contributed by atoms with E-state index < -0.39 is 63.2 Å². The molecule has 1 aliphatic heterocycles. The zero-order valence-corrected chi connectivity index (χ0v) is 22.3. The number of aliphatic hydroxyl groups is 2. The third-order valence-corrected chi connectivity index (χ3v) is 6.59. The Morgan fingerprint density at radius 1 is 1.00 bits per heavy atom. The van der Waals surface area contributed by atoms with Crippen molar-refractivity contribution in [3.63, 3.8) is 0 Å². The first-order valence-corrected chi connectivity index (χ1v) is 13.9. The van der Waals surface area contributed by atoms with Crippen LogP contribution in [0.25, 0.3) is 0 Å². The van der Waals surface area contributed by atoms with Crippen molar-refractivity contribution >= 4 is 19.8 Å². The summed E-state index contributed by atoms with van der Waals surface area (Å²) in [6.07, 6.45) is -7.91. The largest absolute Gasteiger partial charge is 0.470 e. The van der Waals surface area contributed by atoms with Gasteiger partial charge in [-0.05, 0) is 42.0 Å². The van der Waals surface area contributed by atoms with Gasteiger partial charge in [0.15, 0.2) is 6.10 Å². The van der Waals surface area contributed by atoms with Gasteiger partial charge in [-0.15, -0.1) is 0 Å². The van der Waals surface area contributed by atoms with Crippen molar-refractivity contribution < 1.29 is 57.6 Å². The summed E-state index contributed by atoms with van der Waals surface area (Å²) in [5.41, 5.74) is 6.19. The van der Waals surface area contributed by atoms with Crippen LogP contribution in [0.3, 0.4) is 0 Å². The lowest BCUT2D eigenvalue weighted by Gasteiger charge is -2.43. The minimum atomic E-state index is -5.27. The summed E-state index contributed by atoms with van der Waals surface area (Å²) in [6, 6.07) is 16.7. The SMILES string of the molecule is NCC(O)c1ccc(O[C@@H]2O[C@H](COC(=O)c3ccc[nH]3)[C@@H](O)[C@H](OP(=O)(O)O)[C@H]2OC(=O)c2ccccc2)cc1. The van der Waals surface area contributed by atoms with Crippen LogP contribution >= 0.6 is 7.82 Å². The lowest BCUT2D eigenvalue weighted by Crippen LogP contribution is -2.62. The summed E-state index contributed by atoms with van der Waals surface area (Å²) in [5, 5.41) is 21.0. The van der Waals surface area contributed by atoms with E-state index in [0.29, 0.717) is 5.56 Å². The summed E-state index contributed by atoms with van der Waals surface area (Å²) in [4.78, 5) is 47.1. The monoisotopic (exact) mass is 592 g/mol. The molecule has 1 aromatic heterocycles. The van der Waals surface area contributed by atoms with Gasteiger partial charge in [-0.25, -0.2) is 14.2 Å². The van der Waals surface area contributed by atoms with Crippen LogP contribution in [0.4, 0.5) is 0 Å². The van der Waals surface area contributed by atoms with Gasteiger partial charge in [0.25, 0.3) is 0 Å². The van der Waals surface area contributed by atoms with Crippen molar-refractivity contribution in [1.29, 1.82) is 0 Å². The number of aromatic amines is 1.